The quantitative estimate of drug-likeness (QED) is 0.857. The first kappa shape index (κ1) is 16.1. The topological polar surface area (TPSA) is 54.0 Å². The minimum absolute atomic E-state index is 0.107. The molecule has 24 heavy (non-hydrogen) atoms. The summed E-state index contributed by atoms with van der Waals surface area (Å²) in [6.45, 7) is 0. The molecule has 0 aliphatic carbocycles. The highest BCUT2D eigenvalue weighted by atomic mass is 19.1. The van der Waals surface area contributed by atoms with Gasteiger partial charge in [-0.05, 0) is 23.8 Å². The van der Waals surface area contributed by atoms with Crippen LogP contribution < -0.4 is 18.9 Å². The van der Waals surface area contributed by atoms with Crippen molar-refractivity contribution in [1.29, 1.82) is 0 Å². The van der Waals surface area contributed by atoms with Gasteiger partial charge in [0.1, 0.15) is 11.9 Å². The van der Waals surface area contributed by atoms with Gasteiger partial charge in [0.15, 0.2) is 17.3 Å². The van der Waals surface area contributed by atoms with Gasteiger partial charge >= 0.3 is 0 Å². The fourth-order valence-electron chi connectivity index (χ4n) is 2.78. The third-order valence-corrected chi connectivity index (χ3v) is 3.96. The van der Waals surface area contributed by atoms with Gasteiger partial charge in [-0.1, -0.05) is 12.1 Å². The molecule has 0 saturated heterocycles. The maximum atomic E-state index is 13.1. The highest BCUT2D eigenvalue weighted by Gasteiger charge is 2.33. The summed E-state index contributed by atoms with van der Waals surface area (Å²) >= 11 is 0. The predicted octanol–water partition coefficient (Wildman–Crippen LogP) is 3.56. The number of Topliss-reactive ketones (excluding diaryl/α,β-unsaturated/α-hetero) is 1. The lowest BCUT2D eigenvalue weighted by Crippen LogP contribution is -2.21. The standard InChI is InChI=1S/C18H17FO5/c1-21-15-8-12-13(20)9-14(10-4-6-11(19)7-5-10)24-16(12)18(23-3)17(15)22-2/h4-8,14H,9H2,1-3H3. The van der Waals surface area contributed by atoms with E-state index in [9.17, 15) is 9.18 Å². The van der Waals surface area contributed by atoms with Crippen molar-refractivity contribution in [1.82, 2.24) is 0 Å². The summed E-state index contributed by atoms with van der Waals surface area (Å²) in [5, 5.41) is 0. The Balaban J connectivity index is 2.09. The summed E-state index contributed by atoms with van der Waals surface area (Å²) in [6.07, 6.45) is -0.366. The first-order chi connectivity index (χ1) is 11.6. The van der Waals surface area contributed by atoms with Crippen molar-refractivity contribution in [3.8, 4) is 23.0 Å². The molecule has 0 saturated carbocycles. The van der Waals surface area contributed by atoms with Crippen LogP contribution in [0, 0.1) is 5.82 Å². The summed E-state index contributed by atoms with van der Waals surface area (Å²) in [5.74, 6) is 0.902. The minimum atomic E-state index is -0.516. The summed E-state index contributed by atoms with van der Waals surface area (Å²) in [5.41, 5.74) is 1.09. The molecule has 0 aromatic heterocycles. The zero-order valence-corrected chi connectivity index (χ0v) is 13.6. The van der Waals surface area contributed by atoms with Gasteiger partial charge < -0.3 is 18.9 Å². The third kappa shape index (κ3) is 2.64. The van der Waals surface area contributed by atoms with Crippen molar-refractivity contribution >= 4 is 5.78 Å². The molecular formula is C18H17FO5. The van der Waals surface area contributed by atoms with Gasteiger partial charge in [0.05, 0.1) is 33.3 Å². The first-order valence-electron chi connectivity index (χ1n) is 7.37. The fourth-order valence-corrected chi connectivity index (χ4v) is 2.78. The average Bonchev–Trinajstić information content (AvgIpc) is 2.60. The molecule has 5 nitrogen and oxygen atoms in total. The van der Waals surface area contributed by atoms with Crippen molar-refractivity contribution in [2.75, 3.05) is 21.3 Å². The second-order valence-corrected chi connectivity index (χ2v) is 5.31. The number of hydrogen-bond acceptors (Lipinski definition) is 5. The number of ether oxygens (including phenoxy) is 4. The van der Waals surface area contributed by atoms with E-state index in [-0.39, 0.29) is 18.0 Å². The molecule has 1 heterocycles. The predicted molar refractivity (Wildman–Crippen MR) is 84.8 cm³/mol. The van der Waals surface area contributed by atoms with Gasteiger partial charge in [-0.2, -0.15) is 0 Å². The SMILES string of the molecule is COc1cc2c(c(OC)c1OC)OC(c1ccc(F)cc1)CC2=O. The molecule has 0 fully saturated rings. The van der Waals surface area contributed by atoms with Crippen LogP contribution in [0.5, 0.6) is 23.0 Å². The Morgan fingerprint density at radius 3 is 2.29 bits per heavy atom. The van der Waals surface area contributed by atoms with E-state index in [1.807, 2.05) is 0 Å². The van der Waals surface area contributed by atoms with Gasteiger partial charge in [-0.15, -0.1) is 0 Å². The molecule has 126 valence electrons. The third-order valence-electron chi connectivity index (χ3n) is 3.96. The molecule has 3 rings (SSSR count). The van der Waals surface area contributed by atoms with E-state index < -0.39 is 6.10 Å². The zero-order chi connectivity index (χ0) is 17.3. The van der Waals surface area contributed by atoms with Crippen LogP contribution >= 0.6 is 0 Å². The Hall–Kier alpha value is -2.76. The summed E-state index contributed by atoms with van der Waals surface area (Å²) in [6, 6.07) is 7.46. The molecule has 2 aromatic rings. The first-order valence-corrected chi connectivity index (χ1v) is 7.37. The van der Waals surface area contributed by atoms with Gasteiger partial charge in [0.2, 0.25) is 11.5 Å². The van der Waals surface area contributed by atoms with E-state index in [1.165, 1.54) is 33.5 Å². The van der Waals surface area contributed by atoms with Crippen molar-refractivity contribution < 1.29 is 28.1 Å². The number of methoxy groups -OCH3 is 3. The zero-order valence-electron chi connectivity index (χ0n) is 13.6. The van der Waals surface area contributed by atoms with Crippen LogP contribution in [0.4, 0.5) is 4.39 Å². The molecular weight excluding hydrogens is 315 g/mol. The van der Waals surface area contributed by atoms with Crippen LogP contribution in [0.3, 0.4) is 0 Å². The van der Waals surface area contributed by atoms with Crippen LogP contribution in [-0.2, 0) is 0 Å². The highest BCUT2D eigenvalue weighted by Crippen LogP contribution is 2.50. The second-order valence-electron chi connectivity index (χ2n) is 5.31. The van der Waals surface area contributed by atoms with E-state index >= 15 is 0 Å². The number of ketones is 1. The van der Waals surface area contributed by atoms with E-state index in [0.29, 0.717) is 34.1 Å². The largest absolute Gasteiger partial charge is 0.493 e. The number of halogens is 1. The van der Waals surface area contributed by atoms with E-state index in [1.54, 1.807) is 18.2 Å². The molecule has 0 radical (unpaired) electrons. The lowest BCUT2D eigenvalue weighted by molar-refractivity contribution is 0.0840. The van der Waals surface area contributed by atoms with Crippen molar-refractivity contribution in [2.45, 2.75) is 12.5 Å². The highest BCUT2D eigenvalue weighted by molar-refractivity contribution is 6.02. The molecule has 1 aliphatic rings. The van der Waals surface area contributed by atoms with Gasteiger partial charge in [-0.25, -0.2) is 4.39 Å². The maximum absolute atomic E-state index is 13.1. The lowest BCUT2D eigenvalue weighted by atomic mass is 9.95. The smallest absolute Gasteiger partial charge is 0.208 e. The molecule has 0 amide bonds. The Labute approximate surface area is 138 Å². The molecule has 0 spiro atoms. The average molecular weight is 332 g/mol. The molecule has 0 bridgehead atoms. The van der Waals surface area contributed by atoms with Gasteiger partial charge in [0, 0.05) is 0 Å². The maximum Gasteiger partial charge on any atom is 0.208 e. The summed E-state index contributed by atoms with van der Waals surface area (Å²) in [4.78, 5) is 12.6. The number of fused-ring (bicyclic) bond motifs is 1. The van der Waals surface area contributed by atoms with Crippen LogP contribution in [0.2, 0.25) is 0 Å². The molecule has 6 heteroatoms. The monoisotopic (exact) mass is 332 g/mol. The van der Waals surface area contributed by atoms with E-state index in [4.69, 9.17) is 18.9 Å². The number of hydrogen-bond donors (Lipinski definition) is 0. The number of carbonyl (C=O) groups excluding carboxylic acids is 1. The lowest BCUT2D eigenvalue weighted by Gasteiger charge is -2.28. The fraction of sp³-hybridized carbons (Fsp3) is 0.278. The molecule has 1 atom stereocenters. The molecule has 0 N–H and O–H groups in total. The van der Waals surface area contributed by atoms with E-state index in [2.05, 4.69) is 0 Å². The van der Waals surface area contributed by atoms with Crippen LogP contribution in [-0.4, -0.2) is 27.1 Å². The number of carbonyl (C=O) groups is 1. The van der Waals surface area contributed by atoms with Gasteiger partial charge in [0.25, 0.3) is 0 Å². The minimum Gasteiger partial charge on any atom is -0.493 e. The number of rotatable bonds is 4. The van der Waals surface area contributed by atoms with Gasteiger partial charge in [-0.3, -0.25) is 4.79 Å². The Bertz CT molecular complexity index is 770. The Morgan fingerprint density at radius 1 is 1.04 bits per heavy atom. The number of benzene rings is 2. The van der Waals surface area contributed by atoms with Crippen molar-refractivity contribution in [2.24, 2.45) is 0 Å². The molecule has 1 unspecified atom stereocenters. The normalized spacial score (nSPS) is 16.2. The summed E-state index contributed by atoms with van der Waals surface area (Å²) < 4.78 is 35.1. The Morgan fingerprint density at radius 2 is 1.71 bits per heavy atom. The van der Waals surface area contributed by atoms with Crippen LogP contribution in [0.1, 0.15) is 28.4 Å². The van der Waals surface area contributed by atoms with Crippen molar-refractivity contribution in [3.05, 3.63) is 47.3 Å². The van der Waals surface area contributed by atoms with E-state index in [0.717, 1.165) is 0 Å². The molecule has 2 aromatic carbocycles. The van der Waals surface area contributed by atoms with Crippen LogP contribution in [0.15, 0.2) is 30.3 Å². The van der Waals surface area contributed by atoms with Crippen molar-refractivity contribution in [3.63, 3.8) is 0 Å². The second kappa shape index (κ2) is 6.39. The summed E-state index contributed by atoms with van der Waals surface area (Å²) in [7, 11) is 4.43. The Kier molecular flexibility index (Phi) is 4.29. The van der Waals surface area contributed by atoms with Crippen LogP contribution in [0.25, 0.3) is 0 Å². The molecule has 1 aliphatic heterocycles.